The number of hydrogen-bond acceptors (Lipinski definition) is 3. The van der Waals surface area contributed by atoms with E-state index >= 15 is 0 Å². The summed E-state index contributed by atoms with van der Waals surface area (Å²) in [6, 6.07) is 24.5. The first-order valence-electron chi connectivity index (χ1n) is 9.85. The molecule has 0 bridgehead atoms. The van der Waals surface area contributed by atoms with Crippen LogP contribution in [0.3, 0.4) is 0 Å². The van der Waals surface area contributed by atoms with Crippen molar-refractivity contribution in [3.63, 3.8) is 0 Å². The second kappa shape index (κ2) is 8.61. The molecule has 2 amide bonds. The number of anilines is 1. The summed E-state index contributed by atoms with van der Waals surface area (Å²) >= 11 is 0. The van der Waals surface area contributed by atoms with E-state index in [1.54, 1.807) is 21.6 Å². The van der Waals surface area contributed by atoms with E-state index in [9.17, 15) is 9.59 Å². The molecule has 0 fully saturated rings. The first kappa shape index (κ1) is 19.4. The zero-order chi connectivity index (χ0) is 20.9. The minimum atomic E-state index is -0.315. The number of carbonyl (C=O) groups excluding carboxylic acids is 2. The Morgan fingerprint density at radius 1 is 0.933 bits per heavy atom. The van der Waals surface area contributed by atoms with E-state index in [-0.39, 0.29) is 23.3 Å². The van der Waals surface area contributed by atoms with Crippen molar-refractivity contribution >= 4 is 23.0 Å². The zero-order valence-corrected chi connectivity index (χ0v) is 16.7. The van der Waals surface area contributed by atoms with Crippen LogP contribution in [-0.4, -0.2) is 27.7 Å². The number of benzene rings is 2. The number of rotatable bonds is 6. The predicted molar refractivity (Wildman–Crippen MR) is 117 cm³/mol. The van der Waals surface area contributed by atoms with Gasteiger partial charge in [-0.3, -0.25) is 14.0 Å². The number of para-hydroxylation sites is 1. The average Bonchev–Trinajstić information content (AvgIpc) is 3.19. The third-order valence-corrected chi connectivity index (χ3v) is 4.88. The van der Waals surface area contributed by atoms with Crippen molar-refractivity contribution in [3.05, 3.63) is 102 Å². The van der Waals surface area contributed by atoms with Crippen molar-refractivity contribution in [2.24, 2.45) is 0 Å². The number of pyridine rings is 1. The molecule has 1 N–H and O–H groups in total. The highest BCUT2D eigenvalue weighted by molar-refractivity contribution is 6.07. The van der Waals surface area contributed by atoms with Crippen molar-refractivity contribution < 1.29 is 9.59 Å². The lowest BCUT2D eigenvalue weighted by Gasteiger charge is -2.20. The fraction of sp³-hybridized carbons (Fsp3) is 0.125. The predicted octanol–water partition coefficient (Wildman–Crippen LogP) is 3.93. The van der Waals surface area contributed by atoms with Crippen molar-refractivity contribution in [1.82, 2.24) is 14.7 Å². The summed E-state index contributed by atoms with van der Waals surface area (Å²) in [6.07, 6.45) is 1.75. The van der Waals surface area contributed by atoms with Crippen LogP contribution in [0.25, 0.3) is 5.52 Å². The maximum absolute atomic E-state index is 13.3. The third kappa shape index (κ3) is 3.80. The molecule has 0 aliphatic carbocycles. The molecule has 0 aliphatic heterocycles. The summed E-state index contributed by atoms with van der Waals surface area (Å²) in [7, 11) is 0. The van der Waals surface area contributed by atoms with E-state index in [2.05, 4.69) is 10.3 Å². The number of hydrogen-bond donors (Lipinski definition) is 1. The van der Waals surface area contributed by atoms with Crippen LogP contribution in [0.1, 0.15) is 33.6 Å². The molecule has 0 atom stereocenters. The molecule has 150 valence electrons. The average molecular weight is 398 g/mol. The van der Waals surface area contributed by atoms with Gasteiger partial charge in [-0.15, -0.1) is 0 Å². The number of nitrogens with zero attached hydrogens (tertiary/aromatic N) is 3. The van der Waals surface area contributed by atoms with Gasteiger partial charge < -0.3 is 10.2 Å². The van der Waals surface area contributed by atoms with Gasteiger partial charge in [-0.1, -0.05) is 54.6 Å². The number of aromatic nitrogens is 2. The Hall–Kier alpha value is -3.93. The molecule has 30 heavy (non-hydrogen) atoms. The minimum Gasteiger partial charge on any atom is -0.347 e. The first-order chi connectivity index (χ1) is 14.7. The first-order valence-corrected chi connectivity index (χ1v) is 9.85. The minimum absolute atomic E-state index is 0.209. The summed E-state index contributed by atoms with van der Waals surface area (Å²) in [4.78, 5) is 32.3. The molecule has 2 aromatic heterocycles. The molecule has 0 spiro atoms. The van der Waals surface area contributed by atoms with Crippen molar-refractivity contribution in [2.45, 2.75) is 13.5 Å². The molecule has 6 heteroatoms. The van der Waals surface area contributed by atoms with Crippen LogP contribution in [0.2, 0.25) is 0 Å². The van der Waals surface area contributed by atoms with Crippen LogP contribution in [-0.2, 0) is 6.54 Å². The number of amides is 2. The molecule has 0 radical (unpaired) electrons. The molecule has 0 aliphatic rings. The van der Waals surface area contributed by atoms with Gasteiger partial charge in [-0.25, -0.2) is 4.98 Å². The maximum atomic E-state index is 13.3. The smallest absolute Gasteiger partial charge is 0.294 e. The topological polar surface area (TPSA) is 66.7 Å². The fourth-order valence-corrected chi connectivity index (χ4v) is 3.39. The number of carbonyl (C=O) groups is 2. The molecule has 0 saturated heterocycles. The molecule has 6 nitrogen and oxygen atoms in total. The normalized spacial score (nSPS) is 10.7. The van der Waals surface area contributed by atoms with Gasteiger partial charge in [0, 0.05) is 25.0 Å². The Morgan fingerprint density at radius 2 is 1.60 bits per heavy atom. The Bertz CT molecular complexity index is 1170. The highest BCUT2D eigenvalue weighted by Gasteiger charge is 2.25. The maximum Gasteiger partial charge on any atom is 0.294 e. The Kier molecular flexibility index (Phi) is 5.57. The lowest BCUT2D eigenvalue weighted by molar-refractivity contribution is 0.0948. The van der Waals surface area contributed by atoms with Gasteiger partial charge >= 0.3 is 0 Å². The van der Waals surface area contributed by atoms with Crippen molar-refractivity contribution in [2.75, 3.05) is 11.4 Å². The standard InChI is InChI=1S/C24H22N4O2/c1-2-27(19-13-7-4-8-14-19)24(30)22-26-21(20-15-9-10-16-28(20)22)23(29)25-17-18-11-5-3-6-12-18/h3-16H,2,17H2,1H3,(H,25,29). The summed E-state index contributed by atoms with van der Waals surface area (Å²) in [5.41, 5.74) is 2.61. The largest absolute Gasteiger partial charge is 0.347 e. The van der Waals surface area contributed by atoms with E-state index in [0.717, 1.165) is 11.3 Å². The Morgan fingerprint density at radius 3 is 2.30 bits per heavy atom. The Labute approximate surface area is 174 Å². The van der Waals surface area contributed by atoms with E-state index in [1.807, 2.05) is 79.7 Å². The quantitative estimate of drug-likeness (QED) is 0.535. The van der Waals surface area contributed by atoms with Crippen LogP contribution < -0.4 is 10.2 Å². The van der Waals surface area contributed by atoms with E-state index in [4.69, 9.17) is 0 Å². The SMILES string of the molecule is CCN(C(=O)c1nc(C(=O)NCc2ccccc2)c2ccccn12)c1ccccc1. The van der Waals surface area contributed by atoms with Gasteiger partial charge in [-0.2, -0.15) is 0 Å². The molecule has 0 unspecified atom stereocenters. The van der Waals surface area contributed by atoms with E-state index in [0.29, 0.717) is 18.6 Å². The Balaban J connectivity index is 1.66. The van der Waals surface area contributed by atoms with Gasteiger partial charge in [0.05, 0.1) is 5.52 Å². The van der Waals surface area contributed by atoms with Gasteiger partial charge in [0.15, 0.2) is 5.69 Å². The van der Waals surface area contributed by atoms with Crippen LogP contribution >= 0.6 is 0 Å². The van der Waals surface area contributed by atoms with E-state index < -0.39 is 0 Å². The third-order valence-electron chi connectivity index (χ3n) is 4.88. The molecule has 2 aromatic carbocycles. The lowest BCUT2D eigenvalue weighted by Crippen LogP contribution is -2.32. The van der Waals surface area contributed by atoms with Gasteiger partial charge in [-0.05, 0) is 36.8 Å². The number of nitrogens with one attached hydrogen (secondary N) is 1. The number of fused-ring (bicyclic) bond motifs is 1. The van der Waals surface area contributed by atoms with Crippen LogP contribution in [0.15, 0.2) is 85.1 Å². The molecule has 2 heterocycles. The summed E-state index contributed by atoms with van der Waals surface area (Å²) in [6.45, 7) is 2.79. The van der Waals surface area contributed by atoms with Gasteiger partial charge in [0.25, 0.3) is 11.8 Å². The number of imidazole rings is 1. The molecular weight excluding hydrogens is 376 g/mol. The van der Waals surface area contributed by atoms with Crippen LogP contribution in [0.5, 0.6) is 0 Å². The van der Waals surface area contributed by atoms with Crippen LogP contribution in [0, 0.1) is 0 Å². The van der Waals surface area contributed by atoms with Gasteiger partial charge in [0.2, 0.25) is 5.82 Å². The van der Waals surface area contributed by atoms with E-state index in [1.165, 1.54) is 0 Å². The molecule has 4 rings (SSSR count). The second-order valence-electron chi connectivity index (χ2n) is 6.79. The molecular formula is C24H22N4O2. The summed E-state index contributed by atoms with van der Waals surface area (Å²) < 4.78 is 1.67. The van der Waals surface area contributed by atoms with Gasteiger partial charge in [0.1, 0.15) is 0 Å². The van der Waals surface area contributed by atoms with Crippen molar-refractivity contribution in [3.8, 4) is 0 Å². The monoisotopic (exact) mass is 398 g/mol. The second-order valence-corrected chi connectivity index (χ2v) is 6.79. The highest BCUT2D eigenvalue weighted by Crippen LogP contribution is 2.19. The molecule has 0 saturated carbocycles. The fourth-order valence-electron chi connectivity index (χ4n) is 3.39. The van der Waals surface area contributed by atoms with Crippen LogP contribution in [0.4, 0.5) is 5.69 Å². The summed E-state index contributed by atoms with van der Waals surface area (Å²) in [5, 5.41) is 2.89. The van der Waals surface area contributed by atoms with Crippen molar-refractivity contribution in [1.29, 1.82) is 0 Å². The highest BCUT2D eigenvalue weighted by atomic mass is 16.2. The lowest BCUT2D eigenvalue weighted by atomic mass is 10.2. The zero-order valence-electron chi connectivity index (χ0n) is 16.7. The molecule has 4 aromatic rings. The summed E-state index contributed by atoms with van der Waals surface area (Å²) in [5.74, 6) is -0.363.